The summed E-state index contributed by atoms with van der Waals surface area (Å²) in [7, 11) is 0. The molecule has 0 rings (SSSR count). The van der Waals surface area contributed by atoms with Crippen molar-refractivity contribution in [2.24, 2.45) is 0 Å². The molecule has 0 aliphatic rings. The zero-order valence-corrected chi connectivity index (χ0v) is 8.50. The second-order valence-corrected chi connectivity index (χ2v) is 3.33. The summed E-state index contributed by atoms with van der Waals surface area (Å²) in [5.41, 5.74) is -2.57. The van der Waals surface area contributed by atoms with Gasteiger partial charge in [0.15, 0.2) is 6.61 Å². The molecule has 0 aliphatic heterocycles. The minimum absolute atomic E-state index is 0.385. The van der Waals surface area contributed by atoms with Gasteiger partial charge in [-0.25, -0.2) is 9.18 Å². The molecule has 8 heteroatoms. The molecule has 2 nitrogen and oxygen atoms in total. The van der Waals surface area contributed by atoms with Crippen LogP contribution in [0.1, 0.15) is 20.3 Å². The Bertz CT molecular complexity index is 258. The number of alkyl halides is 6. The monoisotopic (exact) mass is 252 g/mol. The van der Waals surface area contributed by atoms with Crippen molar-refractivity contribution in [2.75, 3.05) is 6.61 Å². The predicted molar refractivity (Wildman–Crippen MR) is 41.8 cm³/mol. The highest BCUT2D eigenvalue weighted by atomic mass is 19.4. The van der Waals surface area contributed by atoms with Crippen LogP contribution in [0, 0.1) is 0 Å². The molecule has 96 valence electrons. The molecule has 0 amide bonds. The molecular weight excluding hydrogens is 242 g/mol. The van der Waals surface area contributed by atoms with Crippen molar-refractivity contribution >= 4 is 5.97 Å². The number of carbonyl (C=O) groups excluding carboxylic acids is 1. The van der Waals surface area contributed by atoms with Gasteiger partial charge in [0, 0.05) is 0 Å². The Morgan fingerprint density at radius 3 is 1.88 bits per heavy atom. The molecule has 0 fully saturated rings. The summed E-state index contributed by atoms with van der Waals surface area (Å²) in [6.07, 6.45) is -6.21. The summed E-state index contributed by atoms with van der Waals surface area (Å²) in [5, 5.41) is 0. The molecule has 0 aromatic heterocycles. The molecule has 0 radical (unpaired) electrons. The maximum atomic E-state index is 13.1. The van der Waals surface area contributed by atoms with Gasteiger partial charge in [-0.2, -0.15) is 22.0 Å². The standard InChI is InChI=1S/C8H10F6O2/c1-3-6(2,9)5(15)16-4-7(10,11)8(12,13)14/h3-4H2,1-2H3. The summed E-state index contributed by atoms with van der Waals surface area (Å²) >= 11 is 0. The van der Waals surface area contributed by atoms with Crippen LogP contribution in [0.4, 0.5) is 26.3 Å². The first-order valence-corrected chi connectivity index (χ1v) is 4.25. The minimum Gasteiger partial charge on any atom is -0.457 e. The zero-order valence-electron chi connectivity index (χ0n) is 8.50. The van der Waals surface area contributed by atoms with E-state index in [1.54, 1.807) is 0 Å². The van der Waals surface area contributed by atoms with E-state index in [1.807, 2.05) is 0 Å². The summed E-state index contributed by atoms with van der Waals surface area (Å²) < 4.78 is 76.1. The van der Waals surface area contributed by atoms with Crippen molar-refractivity contribution in [3.8, 4) is 0 Å². The quantitative estimate of drug-likeness (QED) is 0.568. The Hall–Kier alpha value is -0.950. The molecule has 0 heterocycles. The Balaban J connectivity index is 4.43. The van der Waals surface area contributed by atoms with Crippen LogP contribution in [0.3, 0.4) is 0 Å². The van der Waals surface area contributed by atoms with Crippen molar-refractivity contribution in [1.29, 1.82) is 0 Å². The lowest BCUT2D eigenvalue weighted by Crippen LogP contribution is -2.43. The lowest BCUT2D eigenvalue weighted by Gasteiger charge is -2.22. The highest BCUT2D eigenvalue weighted by molar-refractivity contribution is 5.78. The van der Waals surface area contributed by atoms with E-state index >= 15 is 0 Å². The molecule has 0 aromatic rings. The first-order valence-electron chi connectivity index (χ1n) is 4.25. The average Bonchev–Trinajstić information content (AvgIpc) is 2.12. The van der Waals surface area contributed by atoms with E-state index in [9.17, 15) is 31.1 Å². The van der Waals surface area contributed by atoms with Crippen LogP contribution < -0.4 is 0 Å². The Labute approximate surface area is 87.6 Å². The molecule has 0 bridgehead atoms. The van der Waals surface area contributed by atoms with Gasteiger partial charge in [0.2, 0.25) is 5.67 Å². The van der Waals surface area contributed by atoms with E-state index < -0.39 is 30.3 Å². The normalized spacial score (nSPS) is 16.8. The predicted octanol–water partition coefficient (Wildman–Crippen LogP) is 2.87. The van der Waals surface area contributed by atoms with Gasteiger partial charge in [-0.3, -0.25) is 0 Å². The van der Waals surface area contributed by atoms with Crippen LogP contribution in [-0.4, -0.2) is 30.3 Å². The second kappa shape index (κ2) is 4.50. The van der Waals surface area contributed by atoms with E-state index in [0.717, 1.165) is 6.92 Å². The van der Waals surface area contributed by atoms with E-state index in [0.29, 0.717) is 0 Å². The van der Waals surface area contributed by atoms with Crippen molar-refractivity contribution in [3.63, 3.8) is 0 Å². The zero-order chi connectivity index (χ0) is 13.2. The maximum Gasteiger partial charge on any atom is 0.456 e. The van der Waals surface area contributed by atoms with Crippen molar-refractivity contribution in [3.05, 3.63) is 0 Å². The highest BCUT2D eigenvalue weighted by Crippen LogP contribution is 2.35. The van der Waals surface area contributed by atoms with Gasteiger partial charge in [0.05, 0.1) is 0 Å². The summed E-state index contributed by atoms with van der Waals surface area (Å²) in [4.78, 5) is 10.8. The van der Waals surface area contributed by atoms with Gasteiger partial charge >= 0.3 is 18.1 Å². The van der Waals surface area contributed by atoms with Crippen molar-refractivity contribution in [1.82, 2.24) is 0 Å². The fourth-order valence-corrected chi connectivity index (χ4v) is 0.533. The van der Waals surface area contributed by atoms with Gasteiger partial charge in [-0.15, -0.1) is 0 Å². The molecule has 0 N–H and O–H groups in total. The van der Waals surface area contributed by atoms with Crippen LogP contribution >= 0.6 is 0 Å². The lowest BCUT2D eigenvalue weighted by molar-refractivity contribution is -0.295. The summed E-state index contributed by atoms with van der Waals surface area (Å²) in [5.74, 6) is -6.91. The molecular formula is C8H10F6O2. The number of carbonyl (C=O) groups is 1. The van der Waals surface area contributed by atoms with Crippen LogP contribution in [0.25, 0.3) is 0 Å². The molecule has 0 aliphatic carbocycles. The van der Waals surface area contributed by atoms with Gasteiger partial charge in [0.25, 0.3) is 0 Å². The molecule has 0 saturated heterocycles. The fourth-order valence-electron chi connectivity index (χ4n) is 0.533. The van der Waals surface area contributed by atoms with E-state index in [2.05, 4.69) is 4.74 Å². The van der Waals surface area contributed by atoms with E-state index in [4.69, 9.17) is 0 Å². The number of ether oxygens (including phenoxy) is 1. The number of hydrogen-bond acceptors (Lipinski definition) is 2. The van der Waals surface area contributed by atoms with Gasteiger partial charge < -0.3 is 4.74 Å². The van der Waals surface area contributed by atoms with Crippen molar-refractivity contribution in [2.45, 2.75) is 38.0 Å². The highest BCUT2D eigenvalue weighted by Gasteiger charge is 2.58. The lowest BCUT2D eigenvalue weighted by atomic mass is 10.1. The number of rotatable bonds is 4. The maximum absolute atomic E-state index is 13.1. The van der Waals surface area contributed by atoms with E-state index in [1.165, 1.54) is 6.92 Å². The molecule has 0 aromatic carbocycles. The first kappa shape index (κ1) is 15.0. The van der Waals surface area contributed by atoms with Crippen molar-refractivity contribution < 1.29 is 35.9 Å². The van der Waals surface area contributed by atoms with Crippen LogP contribution in [0.2, 0.25) is 0 Å². The first-order chi connectivity index (χ1) is 6.94. The summed E-state index contributed by atoms with van der Waals surface area (Å²) in [6.45, 7) is -0.251. The Morgan fingerprint density at radius 1 is 1.12 bits per heavy atom. The summed E-state index contributed by atoms with van der Waals surface area (Å²) in [6, 6.07) is 0. The molecule has 16 heavy (non-hydrogen) atoms. The van der Waals surface area contributed by atoms with Gasteiger partial charge in [0.1, 0.15) is 0 Å². The van der Waals surface area contributed by atoms with Crippen LogP contribution in [-0.2, 0) is 9.53 Å². The SMILES string of the molecule is CCC(C)(F)C(=O)OCC(F)(F)C(F)(F)F. The Kier molecular flexibility index (Phi) is 4.24. The molecule has 1 unspecified atom stereocenters. The fraction of sp³-hybridized carbons (Fsp3) is 0.875. The third-order valence-corrected chi connectivity index (χ3v) is 1.89. The largest absolute Gasteiger partial charge is 0.457 e. The van der Waals surface area contributed by atoms with Crippen LogP contribution in [0.15, 0.2) is 0 Å². The minimum atomic E-state index is -5.83. The number of halogens is 6. The number of esters is 1. The second-order valence-electron chi connectivity index (χ2n) is 3.33. The number of hydrogen-bond donors (Lipinski definition) is 0. The van der Waals surface area contributed by atoms with Gasteiger partial charge in [-0.1, -0.05) is 6.92 Å². The Morgan fingerprint density at radius 2 is 1.56 bits per heavy atom. The molecule has 1 atom stereocenters. The van der Waals surface area contributed by atoms with E-state index in [-0.39, 0.29) is 6.42 Å². The molecule has 0 saturated carbocycles. The molecule has 0 spiro atoms. The third kappa shape index (κ3) is 3.57. The van der Waals surface area contributed by atoms with Gasteiger partial charge in [-0.05, 0) is 13.3 Å². The smallest absolute Gasteiger partial charge is 0.456 e. The third-order valence-electron chi connectivity index (χ3n) is 1.89. The average molecular weight is 252 g/mol. The topological polar surface area (TPSA) is 26.3 Å². The van der Waals surface area contributed by atoms with Crippen LogP contribution in [0.5, 0.6) is 0 Å².